The molecule has 0 atom stereocenters. The number of imidazole rings is 1. The number of rotatable bonds is 6. The second-order valence-electron chi connectivity index (χ2n) is 7.59. The number of nitrogens with zero attached hydrogens (tertiary/aromatic N) is 3. The van der Waals surface area contributed by atoms with Crippen LogP contribution in [0.3, 0.4) is 0 Å². The van der Waals surface area contributed by atoms with Crippen molar-refractivity contribution < 1.29 is 9.53 Å². The number of carbonyl (C=O) groups is 1. The number of ether oxygens (including phenoxy) is 1. The summed E-state index contributed by atoms with van der Waals surface area (Å²) in [4.78, 5) is 26.2. The Balaban J connectivity index is 1.23. The highest BCUT2D eigenvalue weighted by Gasteiger charge is 2.24. The molecular weight excluding hydrogens is 396 g/mol. The molecule has 1 aliphatic heterocycles. The van der Waals surface area contributed by atoms with Gasteiger partial charge in [0.15, 0.2) is 5.16 Å². The summed E-state index contributed by atoms with van der Waals surface area (Å²) in [6, 6.07) is 13.7. The molecule has 1 fully saturated rings. The predicted octanol–water partition coefficient (Wildman–Crippen LogP) is 4.71. The molecule has 0 aliphatic carbocycles. The number of pyridine rings is 1. The third-order valence-electron chi connectivity index (χ3n) is 5.26. The molecule has 0 unspecified atom stereocenters. The SMILES string of the molecule is Cc1cccc(Cc2ccc(OC(=O)N3CCC(CSc4ncc[nH]4)CC3)cc2)n1. The molecule has 1 aromatic carbocycles. The van der Waals surface area contributed by atoms with Gasteiger partial charge in [-0.05, 0) is 55.5 Å². The smallest absolute Gasteiger partial charge is 0.410 e. The number of thioether (sulfide) groups is 1. The first kappa shape index (κ1) is 20.5. The van der Waals surface area contributed by atoms with Crippen LogP contribution in [0.2, 0.25) is 0 Å². The number of amides is 1. The molecule has 30 heavy (non-hydrogen) atoms. The lowest BCUT2D eigenvalue weighted by molar-refractivity contribution is 0.134. The van der Waals surface area contributed by atoms with Gasteiger partial charge in [-0.25, -0.2) is 9.78 Å². The molecule has 7 heteroatoms. The first-order valence-electron chi connectivity index (χ1n) is 10.3. The minimum absolute atomic E-state index is 0.264. The summed E-state index contributed by atoms with van der Waals surface area (Å²) >= 11 is 1.74. The zero-order valence-electron chi connectivity index (χ0n) is 17.1. The van der Waals surface area contributed by atoms with Crippen LogP contribution in [-0.2, 0) is 6.42 Å². The van der Waals surface area contributed by atoms with E-state index in [9.17, 15) is 4.79 Å². The predicted molar refractivity (Wildman–Crippen MR) is 118 cm³/mol. The van der Waals surface area contributed by atoms with E-state index in [0.717, 1.165) is 60.2 Å². The Hall–Kier alpha value is -2.80. The normalized spacial score (nSPS) is 14.6. The summed E-state index contributed by atoms with van der Waals surface area (Å²) in [6.07, 6.45) is 6.09. The molecule has 6 nitrogen and oxygen atoms in total. The Kier molecular flexibility index (Phi) is 6.69. The van der Waals surface area contributed by atoms with E-state index in [2.05, 4.69) is 15.0 Å². The van der Waals surface area contributed by atoms with Crippen LogP contribution in [0.15, 0.2) is 60.0 Å². The van der Waals surface area contributed by atoms with Crippen molar-refractivity contribution >= 4 is 17.9 Å². The quantitative estimate of drug-likeness (QED) is 0.583. The third kappa shape index (κ3) is 5.63. The maximum Gasteiger partial charge on any atom is 0.415 e. The molecular formula is C23H26N4O2S. The van der Waals surface area contributed by atoms with Crippen LogP contribution in [-0.4, -0.2) is 44.8 Å². The summed E-state index contributed by atoms with van der Waals surface area (Å²) in [6.45, 7) is 3.46. The van der Waals surface area contributed by atoms with Gasteiger partial charge < -0.3 is 14.6 Å². The summed E-state index contributed by atoms with van der Waals surface area (Å²) in [5.41, 5.74) is 3.19. The van der Waals surface area contributed by atoms with Gasteiger partial charge in [-0.1, -0.05) is 30.0 Å². The maximum absolute atomic E-state index is 12.5. The lowest BCUT2D eigenvalue weighted by atomic mass is 9.99. The van der Waals surface area contributed by atoms with Crippen molar-refractivity contribution in [1.82, 2.24) is 19.9 Å². The maximum atomic E-state index is 12.5. The lowest BCUT2D eigenvalue weighted by Gasteiger charge is -2.30. The number of aromatic nitrogens is 3. The molecule has 0 saturated carbocycles. The molecule has 156 valence electrons. The highest BCUT2D eigenvalue weighted by Crippen LogP contribution is 2.25. The molecule has 1 aliphatic rings. The van der Waals surface area contributed by atoms with E-state index < -0.39 is 0 Å². The lowest BCUT2D eigenvalue weighted by Crippen LogP contribution is -2.40. The summed E-state index contributed by atoms with van der Waals surface area (Å²) in [5.74, 6) is 2.20. The topological polar surface area (TPSA) is 71.1 Å². The average Bonchev–Trinajstić information content (AvgIpc) is 3.28. The molecule has 1 saturated heterocycles. The third-order valence-corrected chi connectivity index (χ3v) is 6.40. The molecule has 0 radical (unpaired) electrons. The zero-order chi connectivity index (χ0) is 20.8. The molecule has 0 bridgehead atoms. The number of likely N-dealkylation sites (tertiary alicyclic amines) is 1. The van der Waals surface area contributed by atoms with Gasteiger partial charge in [-0.2, -0.15) is 0 Å². The van der Waals surface area contributed by atoms with Crippen molar-refractivity contribution in [3.05, 3.63) is 71.8 Å². The van der Waals surface area contributed by atoms with Crippen LogP contribution < -0.4 is 4.74 Å². The number of hydrogen-bond donors (Lipinski definition) is 1. The zero-order valence-corrected chi connectivity index (χ0v) is 17.9. The molecule has 1 amide bonds. The van der Waals surface area contributed by atoms with Crippen molar-refractivity contribution in [3.63, 3.8) is 0 Å². The first-order valence-corrected chi connectivity index (χ1v) is 11.2. The standard InChI is InChI=1S/C23H26N4O2S/c1-17-3-2-4-20(26-17)15-18-5-7-21(8-6-18)29-23(28)27-13-9-19(10-14-27)16-30-22-24-11-12-25-22/h2-8,11-12,19H,9-10,13-16H2,1H3,(H,24,25). The van der Waals surface area contributed by atoms with Gasteiger partial charge in [-0.15, -0.1) is 0 Å². The van der Waals surface area contributed by atoms with Crippen LogP contribution >= 0.6 is 11.8 Å². The van der Waals surface area contributed by atoms with E-state index in [0.29, 0.717) is 11.7 Å². The fraction of sp³-hybridized carbons (Fsp3) is 0.348. The van der Waals surface area contributed by atoms with Gasteiger partial charge in [0.25, 0.3) is 0 Å². The minimum Gasteiger partial charge on any atom is -0.410 e. The van der Waals surface area contributed by atoms with Gasteiger partial charge in [0.1, 0.15) is 5.75 Å². The number of nitrogens with one attached hydrogen (secondary N) is 1. The van der Waals surface area contributed by atoms with Crippen LogP contribution in [0.1, 0.15) is 29.8 Å². The number of aryl methyl sites for hydroxylation is 1. The van der Waals surface area contributed by atoms with E-state index in [1.165, 1.54) is 0 Å². The Labute approximate surface area is 181 Å². The summed E-state index contributed by atoms with van der Waals surface area (Å²) < 4.78 is 5.58. The van der Waals surface area contributed by atoms with Crippen LogP contribution in [0.4, 0.5) is 4.79 Å². The van der Waals surface area contributed by atoms with E-state index in [4.69, 9.17) is 4.74 Å². The second kappa shape index (κ2) is 9.80. The number of piperidine rings is 1. The van der Waals surface area contributed by atoms with Crippen molar-refractivity contribution in [1.29, 1.82) is 0 Å². The molecule has 4 rings (SSSR count). The largest absolute Gasteiger partial charge is 0.415 e. The van der Waals surface area contributed by atoms with Gasteiger partial charge in [0.05, 0.1) is 0 Å². The monoisotopic (exact) mass is 422 g/mol. The molecule has 3 aromatic rings. The van der Waals surface area contributed by atoms with Crippen molar-refractivity contribution in [2.24, 2.45) is 5.92 Å². The molecule has 2 aromatic heterocycles. The van der Waals surface area contributed by atoms with Crippen LogP contribution in [0.25, 0.3) is 0 Å². The van der Waals surface area contributed by atoms with E-state index >= 15 is 0 Å². The molecule has 1 N–H and O–H groups in total. The summed E-state index contributed by atoms with van der Waals surface area (Å²) in [5, 5.41) is 0.957. The molecule has 0 spiro atoms. The fourth-order valence-corrected chi connectivity index (χ4v) is 4.57. The number of hydrogen-bond acceptors (Lipinski definition) is 5. The van der Waals surface area contributed by atoms with E-state index in [-0.39, 0.29) is 6.09 Å². The number of H-pyrrole nitrogens is 1. The Bertz CT molecular complexity index is 952. The average molecular weight is 423 g/mol. The first-order chi connectivity index (χ1) is 14.7. The van der Waals surface area contributed by atoms with Crippen molar-refractivity contribution in [2.75, 3.05) is 18.8 Å². The van der Waals surface area contributed by atoms with Gasteiger partial charge in [0, 0.05) is 49.0 Å². The second-order valence-corrected chi connectivity index (χ2v) is 8.60. The van der Waals surface area contributed by atoms with Gasteiger partial charge >= 0.3 is 6.09 Å². The minimum atomic E-state index is -0.264. The van der Waals surface area contributed by atoms with Crippen LogP contribution in [0.5, 0.6) is 5.75 Å². The van der Waals surface area contributed by atoms with Gasteiger partial charge in [0.2, 0.25) is 0 Å². The fourth-order valence-electron chi connectivity index (χ4n) is 3.56. The van der Waals surface area contributed by atoms with Crippen molar-refractivity contribution in [2.45, 2.75) is 31.3 Å². The van der Waals surface area contributed by atoms with Gasteiger partial charge in [-0.3, -0.25) is 4.98 Å². The number of benzene rings is 1. The number of carbonyl (C=O) groups excluding carboxylic acids is 1. The Morgan fingerprint density at radius 3 is 2.70 bits per heavy atom. The Morgan fingerprint density at radius 2 is 2.00 bits per heavy atom. The van der Waals surface area contributed by atoms with Crippen molar-refractivity contribution in [3.8, 4) is 5.75 Å². The Morgan fingerprint density at radius 1 is 1.20 bits per heavy atom. The number of aromatic amines is 1. The summed E-state index contributed by atoms with van der Waals surface area (Å²) in [7, 11) is 0. The van der Waals surface area contributed by atoms with E-state index in [1.807, 2.05) is 55.6 Å². The van der Waals surface area contributed by atoms with E-state index in [1.54, 1.807) is 22.9 Å². The highest BCUT2D eigenvalue weighted by atomic mass is 32.2. The molecule has 3 heterocycles. The van der Waals surface area contributed by atoms with Crippen LogP contribution in [0, 0.1) is 12.8 Å². The highest BCUT2D eigenvalue weighted by molar-refractivity contribution is 7.99.